The van der Waals surface area contributed by atoms with Crippen LogP contribution in [0.2, 0.25) is 15.1 Å². The predicted octanol–water partition coefficient (Wildman–Crippen LogP) is 5.96. The first-order chi connectivity index (χ1) is 16.2. The summed E-state index contributed by atoms with van der Waals surface area (Å²) in [5.41, 5.74) is 2.82. The monoisotopic (exact) mass is 536 g/mol. The third-order valence-corrected chi connectivity index (χ3v) is 8.18. The molecule has 0 aliphatic carbocycles. The highest BCUT2D eigenvalue weighted by Gasteiger charge is 2.44. The zero-order chi connectivity index (χ0) is 24.5. The van der Waals surface area contributed by atoms with Crippen molar-refractivity contribution in [2.75, 3.05) is 0 Å². The number of hydroxylamine groups is 1. The molecule has 0 bridgehead atoms. The molecule has 1 heterocycles. The van der Waals surface area contributed by atoms with Crippen LogP contribution >= 0.6 is 34.8 Å². The number of benzene rings is 3. The number of sulfonamides is 1. The van der Waals surface area contributed by atoms with Crippen LogP contribution in [0.5, 0.6) is 0 Å². The third-order valence-electron chi connectivity index (χ3n) is 5.57. The Hall–Kier alpha value is -2.39. The quantitative estimate of drug-likeness (QED) is 0.311. The topological polar surface area (TPSA) is 86.7 Å². The molecule has 3 aromatic rings. The number of hydrogen-bond donors (Lipinski definition) is 2. The molecule has 1 amide bonds. The van der Waals surface area contributed by atoms with Gasteiger partial charge < -0.3 is 0 Å². The lowest BCUT2D eigenvalue weighted by Gasteiger charge is -2.41. The molecule has 1 aliphatic heterocycles. The summed E-state index contributed by atoms with van der Waals surface area (Å²) in [6.45, 7) is 0. The molecule has 3 aromatic carbocycles. The molecule has 0 saturated carbocycles. The molecule has 34 heavy (non-hydrogen) atoms. The molecule has 0 fully saturated rings. The largest absolute Gasteiger partial charge is 0.288 e. The minimum absolute atomic E-state index is 0.00149. The summed E-state index contributed by atoms with van der Waals surface area (Å²) in [6, 6.07) is 17.5. The van der Waals surface area contributed by atoms with E-state index in [1.807, 2.05) is 0 Å². The highest BCUT2D eigenvalue weighted by molar-refractivity contribution is 7.89. The fourth-order valence-electron chi connectivity index (χ4n) is 4.09. The fourth-order valence-corrected chi connectivity index (χ4v) is 6.39. The summed E-state index contributed by atoms with van der Waals surface area (Å²) in [7, 11) is -4.19. The maximum Gasteiger partial charge on any atom is 0.272 e. The van der Waals surface area contributed by atoms with Gasteiger partial charge in [-0.2, -0.15) is 4.31 Å². The third kappa shape index (κ3) is 4.86. The van der Waals surface area contributed by atoms with E-state index >= 15 is 0 Å². The zero-order valence-electron chi connectivity index (χ0n) is 17.5. The van der Waals surface area contributed by atoms with E-state index in [0.29, 0.717) is 26.2 Å². The van der Waals surface area contributed by atoms with E-state index in [1.165, 1.54) is 28.6 Å². The standard InChI is InChI=1S/C24H19Cl3N2O4S/c25-17-7-9-20(10-8-17)34(32,33)29-22(15-3-1-5-18(26)13-15)12-11-21(24(30)28-31)23(29)16-4-2-6-19(27)14-16/h1-11,13-14,22-23,31H,12H2,(H,28,30)/t22-,23-/m0/s1. The maximum atomic E-state index is 14.1. The molecular formula is C24H19Cl3N2O4S. The van der Waals surface area contributed by atoms with Crippen LogP contribution in [0, 0.1) is 0 Å². The Labute approximate surface area is 212 Å². The van der Waals surface area contributed by atoms with Crippen LogP contribution < -0.4 is 5.48 Å². The molecule has 10 heteroatoms. The summed E-state index contributed by atoms with van der Waals surface area (Å²) in [6.07, 6.45) is 1.80. The van der Waals surface area contributed by atoms with Crippen molar-refractivity contribution in [2.24, 2.45) is 0 Å². The van der Waals surface area contributed by atoms with Gasteiger partial charge in [0, 0.05) is 20.6 Å². The second-order valence-corrected chi connectivity index (χ2v) is 10.8. The van der Waals surface area contributed by atoms with Crippen LogP contribution in [0.25, 0.3) is 0 Å². The van der Waals surface area contributed by atoms with Crippen LogP contribution in [0.3, 0.4) is 0 Å². The van der Waals surface area contributed by atoms with E-state index in [1.54, 1.807) is 60.1 Å². The van der Waals surface area contributed by atoms with Crippen molar-refractivity contribution in [3.63, 3.8) is 0 Å². The number of carbonyl (C=O) groups is 1. The van der Waals surface area contributed by atoms with Gasteiger partial charge in [0.25, 0.3) is 5.91 Å². The second-order valence-electron chi connectivity index (χ2n) is 7.65. The van der Waals surface area contributed by atoms with Gasteiger partial charge in [-0.25, -0.2) is 13.9 Å². The normalized spacial score (nSPS) is 18.9. The van der Waals surface area contributed by atoms with Crippen LogP contribution in [0.4, 0.5) is 0 Å². The van der Waals surface area contributed by atoms with Crippen molar-refractivity contribution in [3.05, 3.63) is 111 Å². The van der Waals surface area contributed by atoms with Crippen LogP contribution in [0.1, 0.15) is 29.6 Å². The van der Waals surface area contributed by atoms with Crippen LogP contribution in [-0.4, -0.2) is 23.8 Å². The predicted molar refractivity (Wildman–Crippen MR) is 131 cm³/mol. The number of rotatable bonds is 5. The number of hydrogen-bond acceptors (Lipinski definition) is 4. The summed E-state index contributed by atoms with van der Waals surface area (Å²) in [5.74, 6) is -0.814. The molecule has 2 N–H and O–H groups in total. The first-order valence-electron chi connectivity index (χ1n) is 10.2. The van der Waals surface area contributed by atoms with Gasteiger partial charge in [-0.3, -0.25) is 10.0 Å². The van der Waals surface area contributed by atoms with Crippen LogP contribution in [0.15, 0.2) is 89.3 Å². The molecule has 0 saturated heterocycles. The molecule has 1 aliphatic rings. The lowest BCUT2D eigenvalue weighted by atomic mass is 9.89. The van der Waals surface area contributed by atoms with Crippen molar-refractivity contribution >= 4 is 50.7 Å². The smallest absolute Gasteiger partial charge is 0.272 e. The average molecular weight is 538 g/mol. The molecule has 6 nitrogen and oxygen atoms in total. The molecule has 0 aromatic heterocycles. The van der Waals surface area contributed by atoms with Crippen LogP contribution in [-0.2, 0) is 14.8 Å². The van der Waals surface area contributed by atoms with Gasteiger partial charge in [-0.1, -0.05) is 65.1 Å². The summed E-state index contributed by atoms with van der Waals surface area (Å²) in [4.78, 5) is 12.7. The molecule has 4 rings (SSSR count). The molecular weight excluding hydrogens is 519 g/mol. The number of carbonyl (C=O) groups excluding carboxylic acids is 1. The van der Waals surface area contributed by atoms with Gasteiger partial charge in [-0.15, -0.1) is 0 Å². The molecule has 0 radical (unpaired) electrons. The van der Waals surface area contributed by atoms with Gasteiger partial charge in [0.05, 0.1) is 17.0 Å². The van der Waals surface area contributed by atoms with E-state index in [4.69, 9.17) is 34.8 Å². The van der Waals surface area contributed by atoms with E-state index in [0.717, 1.165) is 0 Å². The average Bonchev–Trinajstić information content (AvgIpc) is 2.83. The molecule has 2 atom stereocenters. The molecule has 176 valence electrons. The number of nitrogens with one attached hydrogen (secondary N) is 1. The number of nitrogens with zero attached hydrogens (tertiary/aromatic N) is 1. The van der Waals surface area contributed by atoms with Crippen molar-refractivity contribution in [1.82, 2.24) is 9.79 Å². The highest BCUT2D eigenvalue weighted by atomic mass is 35.5. The second kappa shape index (κ2) is 10.1. The van der Waals surface area contributed by atoms with E-state index < -0.39 is 28.0 Å². The van der Waals surface area contributed by atoms with E-state index in [9.17, 15) is 18.4 Å². The fraction of sp³-hybridized carbons (Fsp3) is 0.125. The first-order valence-corrected chi connectivity index (χ1v) is 12.7. The van der Waals surface area contributed by atoms with Gasteiger partial charge in [-0.05, 0) is 66.1 Å². The van der Waals surface area contributed by atoms with E-state index in [2.05, 4.69) is 0 Å². The number of halogens is 3. The Morgan fingerprint density at radius 3 is 2.06 bits per heavy atom. The highest BCUT2D eigenvalue weighted by Crippen LogP contribution is 2.46. The molecule has 0 unspecified atom stereocenters. The Morgan fingerprint density at radius 1 is 0.882 bits per heavy atom. The first kappa shape index (κ1) is 24.7. The SMILES string of the molecule is O=C(NO)C1=CC[C@@H](c2cccc(Cl)c2)N(S(=O)(=O)c2ccc(Cl)cc2)[C@H]1c1cccc(Cl)c1. The lowest BCUT2D eigenvalue weighted by molar-refractivity contribution is -0.126. The Balaban J connectivity index is 1.99. The minimum Gasteiger partial charge on any atom is -0.288 e. The Morgan fingerprint density at radius 2 is 1.47 bits per heavy atom. The minimum atomic E-state index is -4.19. The summed E-state index contributed by atoms with van der Waals surface area (Å²) < 4.78 is 29.4. The summed E-state index contributed by atoms with van der Waals surface area (Å²) >= 11 is 18.4. The Bertz CT molecular complexity index is 1360. The van der Waals surface area contributed by atoms with Crippen molar-refractivity contribution in [3.8, 4) is 0 Å². The van der Waals surface area contributed by atoms with Crippen molar-refractivity contribution in [1.29, 1.82) is 0 Å². The summed E-state index contributed by atoms with van der Waals surface area (Å²) in [5, 5.41) is 10.6. The molecule has 0 spiro atoms. The van der Waals surface area contributed by atoms with Crippen molar-refractivity contribution < 1.29 is 18.4 Å². The van der Waals surface area contributed by atoms with Gasteiger partial charge in [0.2, 0.25) is 10.0 Å². The zero-order valence-corrected chi connectivity index (χ0v) is 20.6. The van der Waals surface area contributed by atoms with Gasteiger partial charge in [0.1, 0.15) is 0 Å². The van der Waals surface area contributed by atoms with E-state index in [-0.39, 0.29) is 16.9 Å². The number of amides is 1. The maximum absolute atomic E-state index is 14.1. The van der Waals surface area contributed by atoms with Gasteiger partial charge in [0.15, 0.2) is 0 Å². The lowest BCUT2D eigenvalue weighted by Crippen LogP contribution is -2.43. The van der Waals surface area contributed by atoms with Crippen molar-refractivity contribution in [2.45, 2.75) is 23.4 Å². The van der Waals surface area contributed by atoms with Gasteiger partial charge >= 0.3 is 0 Å². The Kier molecular flexibility index (Phi) is 7.33.